The molecule has 0 unspecified atom stereocenters. The molecule has 0 saturated heterocycles. The molecule has 0 radical (unpaired) electrons. The zero-order valence-corrected chi connectivity index (χ0v) is 7.77. The lowest BCUT2D eigenvalue weighted by Gasteiger charge is -2.05. The number of fused-ring (bicyclic) bond motifs is 1. The van der Waals surface area contributed by atoms with Gasteiger partial charge in [-0.2, -0.15) is 0 Å². The van der Waals surface area contributed by atoms with Crippen LogP contribution >= 0.6 is 0 Å². The van der Waals surface area contributed by atoms with Crippen LogP contribution in [0.15, 0.2) is 30.3 Å². The lowest BCUT2D eigenvalue weighted by molar-refractivity contribution is 0.300. The van der Waals surface area contributed by atoms with Gasteiger partial charge in [-0.15, -0.1) is 0 Å². The van der Waals surface area contributed by atoms with E-state index in [1.54, 1.807) is 0 Å². The van der Waals surface area contributed by atoms with Gasteiger partial charge in [0, 0.05) is 12.0 Å². The van der Waals surface area contributed by atoms with Crippen molar-refractivity contribution >= 4 is 16.7 Å². The monoisotopic (exact) mass is 188 g/mol. The van der Waals surface area contributed by atoms with Crippen molar-refractivity contribution in [3.8, 4) is 0 Å². The van der Waals surface area contributed by atoms with E-state index in [1.807, 2.05) is 30.3 Å². The van der Waals surface area contributed by atoms with Crippen molar-refractivity contribution in [1.29, 1.82) is 0 Å². The van der Waals surface area contributed by atoms with E-state index in [9.17, 15) is 0 Å². The molecular formula is C11H12N2O. The molecule has 3 heteroatoms. The van der Waals surface area contributed by atoms with Crippen LogP contribution in [0.1, 0.15) is 5.56 Å². The molecule has 0 fully saturated rings. The number of rotatable bonds is 2. The van der Waals surface area contributed by atoms with Crippen molar-refractivity contribution in [2.45, 2.75) is 6.42 Å². The number of aliphatic hydroxyl groups excluding tert-OH is 1. The van der Waals surface area contributed by atoms with Crippen molar-refractivity contribution in [3.63, 3.8) is 0 Å². The predicted molar refractivity (Wildman–Crippen MR) is 56.9 cm³/mol. The van der Waals surface area contributed by atoms with E-state index < -0.39 is 0 Å². The van der Waals surface area contributed by atoms with Gasteiger partial charge in [0.25, 0.3) is 0 Å². The highest BCUT2D eigenvalue weighted by molar-refractivity contribution is 5.83. The van der Waals surface area contributed by atoms with Crippen molar-refractivity contribution in [3.05, 3.63) is 35.9 Å². The molecule has 3 N–H and O–H groups in total. The average Bonchev–Trinajstić information content (AvgIpc) is 2.18. The summed E-state index contributed by atoms with van der Waals surface area (Å²) >= 11 is 0. The van der Waals surface area contributed by atoms with Gasteiger partial charge in [0.2, 0.25) is 0 Å². The smallest absolute Gasteiger partial charge is 0.124 e. The Bertz CT molecular complexity index is 454. The number of para-hydroxylation sites is 1. The summed E-state index contributed by atoms with van der Waals surface area (Å²) < 4.78 is 0. The highest BCUT2D eigenvalue weighted by Gasteiger charge is 2.02. The van der Waals surface area contributed by atoms with E-state index in [-0.39, 0.29) is 6.61 Å². The molecule has 0 atom stereocenters. The Morgan fingerprint density at radius 1 is 1.29 bits per heavy atom. The van der Waals surface area contributed by atoms with Crippen molar-refractivity contribution in [2.75, 3.05) is 12.3 Å². The van der Waals surface area contributed by atoms with Crippen LogP contribution in [0.3, 0.4) is 0 Å². The Balaban J connectivity index is 2.67. The Morgan fingerprint density at radius 2 is 2.07 bits per heavy atom. The first kappa shape index (κ1) is 8.97. The van der Waals surface area contributed by atoms with Gasteiger partial charge in [0.1, 0.15) is 5.82 Å². The molecule has 0 aliphatic rings. The van der Waals surface area contributed by atoms with E-state index in [0.717, 1.165) is 16.5 Å². The molecule has 0 spiro atoms. The number of pyridine rings is 1. The maximum absolute atomic E-state index is 8.91. The molecule has 0 aliphatic carbocycles. The molecule has 72 valence electrons. The predicted octanol–water partition coefficient (Wildman–Crippen LogP) is 1.35. The molecule has 2 aromatic rings. The lowest BCUT2D eigenvalue weighted by Crippen LogP contribution is -1.97. The van der Waals surface area contributed by atoms with Gasteiger partial charge in [0.15, 0.2) is 0 Å². The SMILES string of the molecule is Nc1cc(CCO)c2ccccc2n1. The molecule has 1 aromatic carbocycles. The quantitative estimate of drug-likeness (QED) is 0.748. The van der Waals surface area contributed by atoms with E-state index >= 15 is 0 Å². The molecule has 3 nitrogen and oxygen atoms in total. The van der Waals surface area contributed by atoms with Gasteiger partial charge >= 0.3 is 0 Å². The summed E-state index contributed by atoms with van der Waals surface area (Å²) in [5.74, 6) is 0.507. The number of hydrogen-bond donors (Lipinski definition) is 2. The summed E-state index contributed by atoms with van der Waals surface area (Å²) in [5, 5.41) is 9.97. The largest absolute Gasteiger partial charge is 0.396 e. The molecule has 0 saturated carbocycles. The Labute approximate surface area is 82.2 Å². The molecule has 0 amide bonds. The summed E-state index contributed by atoms with van der Waals surface area (Å²) in [4.78, 5) is 4.21. The van der Waals surface area contributed by atoms with Crippen LogP contribution in [0.25, 0.3) is 10.9 Å². The van der Waals surface area contributed by atoms with Crippen LogP contribution in [0.2, 0.25) is 0 Å². The number of aliphatic hydroxyl groups is 1. The van der Waals surface area contributed by atoms with Crippen LogP contribution in [0.5, 0.6) is 0 Å². The van der Waals surface area contributed by atoms with Crippen LogP contribution in [-0.4, -0.2) is 16.7 Å². The van der Waals surface area contributed by atoms with Crippen LogP contribution < -0.4 is 5.73 Å². The van der Waals surface area contributed by atoms with Gasteiger partial charge in [-0.05, 0) is 24.1 Å². The molecule has 1 aromatic heterocycles. The second-order valence-electron chi connectivity index (χ2n) is 3.20. The normalized spacial score (nSPS) is 10.6. The number of nitrogens with zero attached hydrogens (tertiary/aromatic N) is 1. The van der Waals surface area contributed by atoms with Gasteiger partial charge in [-0.25, -0.2) is 4.98 Å². The van der Waals surface area contributed by atoms with Gasteiger partial charge in [0.05, 0.1) is 5.52 Å². The molecule has 0 bridgehead atoms. The molecule has 14 heavy (non-hydrogen) atoms. The number of nitrogens with two attached hydrogens (primary N) is 1. The summed E-state index contributed by atoms with van der Waals surface area (Å²) in [7, 11) is 0. The van der Waals surface area contributed by atoms with E-state index in [0.29, 0.717) is 12.2 Å². The van der Waals surface area contributed by atoms with Crippen LogP contribution in [-0.2, 0) is 6.42 Å². The standard InChI is InChI=1S/C11H12N2O/c12-11-7-8(5-6-14)9-3-1-2-4-10(9)13-11/h1-4,7,14H,5-6H2,(H2,12,13). The Hall–Kier alpha value is -1.61. The van der Waals surface area contributed by atoms with E-state index in [2.05, 4.69) is 4.98 Å². The molecule has 2 rings (SSSR count). The van der Waals surface area contributed by atoms with Crippen LogP contribution in [0, 0.1) is 0 Å². The van der Waals surface area contributed by atoms with Gasteiger partial charge in [-0.3, -0.25) is 0 Å². The van der Waals surface area contributed by atoms with Gasteiger partial charge < -0.3 is 10.8 Å². The topological polar surface area (TPSA) is 59.1 Å². The second-order valence-corrected chi connectivity index (χ2v) is 3.20. The van der Waals surface area contributed by atoms with E-state index in [4.69, 9.17) is 10.8 Å². The first-order valence-electron chi connectivity index (χ1n) is 4.56. The minimum atomic E-state index is 0.132. The number of aromatic nitrogens is 1. The fraction of sp³-hybridized carbons (Fsp3) is 0.182. The number of hydrogen-bond acceptors (Lipinski definition) is 3. The zero-order chi connectivity index (χ0) is 9.97. The third-order valence-corrected chi connectivity index (χ3v) is 2.20. The van der Waals surface area contributed by atoms with Gasteiger partial charge in [-0.1, -0.05) is 18.2 Å². The fourth-order valence-electron chi connectivity index (χ4n) is 1.60. The van der Waals surface area contributed by atoms with Crippen molar-refractivity contribution in [1.82, 2.24) is 4.98 Å². The molecule has 0 aliphatic heterocycles. The Morgan fingerprint density at radius 3 is 2.86 bits per heavy atom. The second kappa shape index (κ2) is 3.64. The molecule has 1 heterocycles. The summed E-state index contributed by atoms with van der Waals surface area (Å²) in [5.41, 5.74) is 7.60. The molecular weight excluding hydrogens is 176 g/mol. The lowest BCUT2D eigenvalue weighted by atomic mass is 10.1. The maximum Gasteiger partial charge on any atom is 0.124 e. The fourth-order valence-corrected chi connectivity index (χ4v) is 1.60. The highest BCUT2D eigenvalue weighted by Crippen LogP contribution is 2.19. The first-order valence-corrected chi connectivity index (χ1v) is 4.56. The third-order valence-electron chi connectivity index (χ3n) is 2.20. The van der Waals surface area contributed by atoms with Crippen LogP contribution in [0.4, 0.5) is 5.82 Å². The number of anilines is 1. The summed E-state index contributed by atoms with van der Waals surface area (Å²) in [6.45, 7) is 0.132. The number of benzene rings is 1. The maximum atomic E-state index is 8.91. The highest BCUT2D eigenvalue weighted by atomic mass is 16.2. The average molecular weight is 188 g/mol. The number of nitrogen functional groups attached to an aromatic ring is 1. The third kappa shape index (κ3) is 1.54. The minimum absolute atomic E-state index is 0.132. The summed E-state index contributed by atoms with van der Waals surface area (Å²) in [6.07, 6.45) is 0.618. The van der Waals surface area contributed by atoms with Crippen molar-refractivity contribution in [2.24, 2.45) is 0 Å². The summed E-state index contributed by atoms with van der Waals surface area (Å²) in [6, 6.07) is 9.62. The zero-order valence-electron chi connectivity index (χ0n) is 7.77. The van der Waals surface area contributed by atoms with E-state index in [1.165, 1.54) is 0 Å². The van der Waals surface area contributed by atoms with Crippen molar-refractivity contribution < 1.29 is 5.11 Å². The Kier molecular flexibility index (Phi) is 2.33. The first-order chi connectivity index (χ1) is 6.81. The minimum Gasteiger partial charge on any atom is -0.396 e.